The summed E-state index contributed by atoms with van der Waals surface area (Å²) in [6.45, 7) is 3.77. The maximum absolute atomic E-state index is 12.7. The van der Waals surface area contributed by atoms with Crippen molar-refractivity contribution in [1.29, 1.82) is 0 Å². The van der Waals surface area contributed by atoms with E-state index in [0.29, 0.717) is 12.6 Å². The normalized spacial score (nSPS) is 19.2. The Bertz CT molecular complexity index is 780. The first-order chi connectivity index (χ1) is 11.7. The van der Waals surface area contributed by atoms with Gasteiger partial charge in [-0.05, 0) is 56.6 Å². The van der Waals surface area contributed by atoms with E-state index in [4.69, 9.17) is 4.74 Å². The molecule has 0 N–H and O–H groups in total. The van der Waals surface area contributed by atoms with E-state index in [1.165, 1.54) is 19.3 Å². The van der Waals surface area contributed by atoms with E-state index in [-0.39, 0.29) is 22.8 Å². The van der Waals surface area contributed by atoms with E-state index in [9.17, 15) is 4.79 Å². The number of hydrogen-bond donors (Lipinski definition) is 0. The Labute approximate surface area is 163 Å². The fourth-order valence-electron chi connectivity index (χ4n) is 3.37. The van der Waals surface area contributed by atoms with Crippen LogP contribution in [-0.2, 0) is 0 Å². The number of fused-ring (bicyclic) bond motifs is 2. The summed E-state index contributed by atoms with van der Waals surface area (Å²) in [6.07, 6.45) is 3.66. The summed E-state index contributed by atoms with van der Waals surface area (Å²) in [5, 5.41) is 0. The molecular weight excluding hydrogens is 398 g/mol. The highest BCUT2D eigenvalue weighted by atomic mass is 79.9. The number of hydrogen-bond acceptors (Lipinski definition) is 4. The molecule has 1 atom stereocenters. The van der Waals surface area contributed by atoms with Crippen LogP contribution in [0.4, 0.5) is 0 Å². The number of para-hydroxylation sites is 1. The third kappa shape index (κ3) is 3.94. The molecule has 3 nitrogen and oxygen atoms in total. The van der Waals surface area contributed by atoms with Crippen LogP contribution in [0.25, 0.3) is 0 Å². The van der Waals surface area contributed by atoms with Crippen LogP contribution in [0.1, 0.15) is 36.5 Å². The van der Waals surface area contributed by atoms with Crippen molar-refractivity contribution in [2.75, 3.05) is 13.1 Å². The number of likely N-dealkylation sites (tertiary alicyclic amines) is 1. The topological polar surface area (TPSA) is 29.5 Å². The molecule has 0 saturated carbocycles. The summed E-state index contributed by atoms with van der Waals surface area (Å²) < 4.78 is 5.94. The number of Topliss-reactive ketones (excluding diaryl/α,β-unsaturated/α-hetero) is 1. The molecule has 1 saturated heterocycles. The molecule has 1 fully saturated rings. The minimum Gasteiger partial charge on any atom is -0.455 e. The highest BCUT2D eigenvalue weighted by Crippen LogP contribution is 2.46. The molecule has 2 aliphatic heterocycles. The van der Waals surface area contributed by atoms with Crippen LogP contribution in [-0.4, -0.2) is 29.8 Å². The Morgan fingerprint density at radius 3 is 2.80 bits per heavy atom. The summed E-state index contributed by atoms with van der Waals surface area (Å²) in [5.74, 6) is 1.92. The molecule has 25 heavy (non-hydrogen) atoms. The van der Waals surface area contributed by atoms with Gasteiger partial charge in [-0.25, -0.2) is 0 Å². The van der Waals surface area contributed by atoms with Gasteiger partial charge in [-0.1, -0.05) is 30.3 Å². The summed E-state index contributed by atoms with van der Waals surface area (Å²) in [6, 6.07) is 14.3. The van der Waals surface area contributed by atoms with Gasteiger partial charge in [0.25, 0.3) is 0 Å². The number of carbonyl (C=O) groups is 1. The SMILES string of the molecule is Br.CC1CCCCN1CC(=O)c1ccc2c(c1)Sc1ccccc1O2. The van der Waals surface area contributed by atoms with Crippen molar-refractivity contribution >= 4 is 34.5 Å². The molecule has 0 aliphatic carbocycles. The lowest BCUT2D eigenvalue weighted by Crippen LogP contribution is -2.40. The number of piperidine rings is 1. The first-order valence-corrected chi connectivity index (χ1v) is 9.38. The second-order valence-corrected chi connectivity index (χ2v) is 7.63. The van der Waals surface area contributed by atoms with Crippen LogP contribution in [0.15, 0.2) is 52.3 Å². The first-order valence-electron chi connectivity index (χ1n) is 8.57. The van der Waals surface area contributed by atoms with Crippen LogP contribution < -0.4 is 4.74 Å². The van der Waals surface area contributed by atoms with Crippen LogP contribution in [0.2, 0.25) is 0 Å². The molecule has 0 amide bonds. The minimum absolute atomic E-state index is 0. The zero-order valence-corrected chi connectivity index (χ0v) is 16.8. The van der Waals surface area contributed by atoms with E-state index < -0.39 is 0 Å². The van der Waals surface area contributed by atoms with Crippen molar-refractivity contribution in [2.24, 2.45) is 0 Å². The predicted molar refractivity (Wildman–Crippen MR) is 107 cm³/mol. The smallest absolute Gasteiger partial charge is 0.176 e. The van der Waals surface area contributed by atoms with Crippen LogP contribution in [0, 0.1) is 0 Å². The predicted octanol–water partition coefficient (Wildman–Crippen LogP) is 5.58. The fourth-order valence-corrected chi connectivity index (χ4v) is 4.36. The lowest BCUT2D eigenvalue weighted by Gasteiger charge is -2.32. The molecule has 0 aromatic heterocycles. The zero-order chi connectivity index (χ0) is 16.5. The van der Waals surface area contributed by atoms with Gasteiger partial charge < -0.3 is 4.74 Å². The second-order valence-electron chi connectivity index (χ2n) is 6.55. The molecule has 1 unspecified atom stereocenters. The molecule has 2 aliphatic rings. The number of ketones is 1. The Morgan fingerprint density at radius 2 is 1.96 bits per heavy atom. The highest BCUT2D eigenvalue weighted by molar-refractivity contribution is 8.93. The van der Waals surface area contributed by atoms with Crippen molar-refractivity contribution < 1.29 is 9.53 Å². The number of carbonyl (C=O) groups excluding carboxylic acids is 1. The standard InChI is InChI=1S/C20H21NO2S.BrH/c1-14-6-4-5-11-21(14)13-16(22)15-9-10-18-20(12-15)24-19-8-3-2-7-17(19)23-18;/h2-3,7-10,12,14H,4-6,11,13H2,1H3;1H. The molecule has 4 rings (SSSR count). The van der Waals surface area contributed by atoms with E-state index in [0.717, 1.165) is 33.4 Å². The Morgan fingerprint density at radius 1 is 1.16 bits per heavy atom. The van der Waals surface area contributed by atoms with Crippen LogP contribution in [0.3, 0.4) is 0 Å². The third-order valence-electron chi connectivity index (χ3n) is 4.84. The van der Waals surface area contributed by atoms with E-state index in [2.05, 4.69) is 11.8 Å². The second kappa shape index (κ2) is 7.94. The largest absolute Gasteiger partial charge is 0.455 e. The highest BCUT2D eigenvalue weighted by Gasteiger charge is 2.23. The fraction of sp³-hybridized carbons (Fsp3) is 0.350. The number of nitrogens with zero attached hydrogens (tertiary/aromatic N) is 1. The number of benzene rings is 2. The zero-order valence-electron chi connectivity index (χ0n) is 14.2. The molecule has 2 heterocycles. The summed E-state index contributed by atoms with van der Waals surface area (Å²) in [5.41, 5.74) is 0.780. The van der Waals surface area contributed by atoms with Crippen molar-refractivity contribution in [2.45, 2.75) is 42.0 Å². The molecule has 5 heteroatoms. The summed E-state index contributed by atoms with van der Waals surface area (Å²) >= 11 is 1.67. The molecule has 0 radical (unpaired) electrons. The third-order valence-corrected chi connectivity index (χ3v) is 5.94. The van der Waals surface area contributed by atoms with Gasteiger partial charge >= 0.3 is 0 Å². The monoisotopic (exact) mass is 419 g/mol. The number of halogens is 1. The lowest BCUT2D eigenvalue weighted by atomic mass is 10.0. The van der Waals surface area contributed by atoms with E-state index in [1.807, 2.05) is 42.5 Å². The van der Waals surface area contributed by atoms with Crippen LogP contribution >= 0.6 is 28.7 Å². The van der Waals surface area contributed by atoms with Crippen molar-refractivity contribution in [3.63, 3.8) is 0 Å². The van der Waals surface area contributed by atoms with E-state index in [1.54, 1.807) is 11.8 Å². The summed E-state index contributed by atoms with van der Waals surface area (Å²) in [4.78, 5) is 17.1. The maximum atomic E-state index is 12.7. The lowest BCUT2D eigenvalue weighted by molar-refractivity contribution is 0.0860. The average molecular weight is 420 g/mol. The number of rotatable bonds is 3. The molecular formula is C20H22BrNO2S. The maximum Gasteiger partial charge on any atom is 0.176 e. The Hall–Kier alpha value is -1.30. The van der Waals surface area contributed by atoms with Gasteiger partial charge in [0.15, 0.2) is 5.78 Å². The Balaban J connectivity index is 0.00000182. The van der Waals surface area contributed by atoms with Gasteiger partial charge in [0.2, 0.25) is 0 Å². The van der Waals surface area contributed by atoms with Crippen molar-refractivity contribution in [1.82, 2.24) is 4.90 Å². The van der Waals surface area contributed by atoms with Gasteiger partial charge in [-0.3, -0.25) is 9.69 Å². The molecule has 0 spiro atoms. The quantitative estimate of drug-likeness (QED) is 0.518. The van der Waals surface area contributed by atoms with Crippen molar-refractivity contribution in [3.8, 4) is 11.5 Å². The molecule has 2 aromatic rings. The van der Waals surface area contributed by atoms with Crippen molar-refractivity contribution in [3.05, 3.63) is 48.0 Å². The van der Waals surface area contributed by atoms with Crippen LogP contribution in [0.5, 0.6) is 11.5 Å². The Kier molecular flexibility index (Phi) is 5.87. The number of ether oxygens (including phenoxy) is 1. The van der Waals surface area contributed by atoms with E-state index >= 15 is 0 Å². The molecule has 2 aromatic carbocycles. The molecule has 0 bridgehead atoms. The van der Waals surface area contributed by atoms with Gasteiger partial charge in [-0.2, -0.15) is 0 Å². The van der Waals surface area contributed by atoms with Gasteiger partial charge in [-0.15, -0.1) is 17.0 Å². The molecule has 132 valence electrons. The first kappa shape index (κ1) is 18.5. The average Bonchev–Trinajstić information content (AvgIpc) is 2.61. The minimum atomic E-state index is 0. The van der Waals surface area contributed by atoms with Gasteiger partial charge in [0.05, 0.1) is 16.3 Å². The van der Waals surface area contributed by atoms with Gasteiger partial charge in [0.1, 0.15) is 11.5 Å². The van der Waals surface area contributed by atoms with Gasteiger partial charge in [0, 0.05) is 11.6 Å². The summed E-state index contributed by atoms with van der Waals surface area (Å²) in [7, 11) is 0.